The lowest BCUT2D eigenvalue weighted by molar-refractivity contribution is 0.229. The van der Waals surface area contributed by atoms with Crippen molar-refractivity contribution in [3.05, 3.63) is 95.3 Å². The number of aryl methyl sites for hydroxylation is 2. The van der Waals surface area contributed by atoms with Crippen LogP contribution in [0.5, 0.6) is 0 Å². The van der Waals surface area contributed by atoms with E-state index < -0.39 is 0 Å². The lowest BCUT2D eigenvalue weighted by Gasteiger charge is -2.28. The predicted octanol–water partition coefficient (Wildman–Crippen LogP) is 4.75. The van der Waals surface area contributed by atoms with Gasteiger partial charge in [0.15, 0.2) is 0 Å². The Morgan fingerprint density at radius 2 is 1.53 bits per heavy atom. The molecule has 1 fully saturated rings. The highest BCUT2D eigenvalue weighted by Gasteiger charge is 2.29. The van der Waals surface area contributed by atoms with Crippen LogP contribution < -0.4 is 10.6 Å². The fourth-order valence-electron chi connectivity index (χ4n) is 4.60. The lowest BCUT2D eigenvalue weighted by Crippen LogP contribution is -2.42. The van der Waals surface area contributed by atoms with E-state index in [9.17, 15) is 4.79 Å². The van der Waals surface area contributed by atoms with E-state index >= 15 is 0 Å². The molecule has 0 aliphatic carbocycles. The van der Waals surface area contributed by atoms with E-state index in [-0.39, 0.29) is 12.1 Å². The molecule has 0 bridgehead atoms. The number of benzene rings is 2. The summed E-state index contributed by atoms with van der Waals surface area (Å²) in [5.74, 6) is 0. The SMILES string of the molecule is Cc1cc(NC(=O)N[C@H]2CCN(C(Cc3ccccc3)Cc3ccccc3)C2)cc(C)n1. The first-order chi connectivity index (χ1) is 15.5. The van der Waals surface area contributed by atoms with Crippen molar-refractivity contribution < 1.29 is 4.79 Å². The molecular weight excluding hydrogens is 396 g/mol. The average molecular weight is 429 g/mol. The summed E-state index contributed by atoms with van der Waals surface area (Å²) in [5, 5.41) is 6.13. The lowest BCUT2D eigenvalue weighted by atomic mass is 9.98. The maximum atomic E-state index is 12.6. The second kappa shape index (κ2) is 10.4. The van der Waals surface area contributed by atoms with Gasteiger partial charge in [-0.25, -0.2) is 4.79 Å². The van der Waals surface area contributed by atoms with Crippen LogP contribution in [0.15, 0.2) is 72.8 Å². The average Bonchev–Trinajstić information content (AvgIpc) is 3.22. The monoisotopic (exact) mass is 428 g/mol. The second-order valence-corrected chi connectivity index (χ2v) is 8.75. The fraction of sp³-hybridized carbons (Fsp3) is 0.333. The van der Waals surface area contributed by atoms with Gasteiger partial charge in [-0.1, -0.05) is 60.7 Å². The summed E-state index contributed by atoms with van der Waals surface area (Å²) in [6, 6.07) is 25.6. The highest BCUT2D eigenvalue weighted by atomic mass is 16.2. The number of nitrogens with one attached hydrogen (secondary N) is 2. The number of pyridine rings is 1. The molecule has 5 heteroatoms. The van der Waals surface area contributed by atoms with E-state index in [2.05, 4.69) is 81.2 Å². The molecule has 0 saturated carbocycles. The third kappa shape index (κ3) is 6.17. The Bertz CT molecular complexity index is 961. The number of urea groups is 1. The van der Waals surface area contributed by atoms with E-state index in [1.165, 1.54) is 11.1 Å². The van der Waals surface area contributed by atoms with Gasteiger partial charge >= 0.3 is 6.03 Å². The number of carbonyl (C=O) groups is 1. The van der Waals surface area contributed by atoms with Crippen molar-refractivity contribution in [2.45, 2.75) is 45.2 Å². The molecule has 1 aromatic heterocycles. The van der Waals surface area contributed by atoms with Crippen LogP contribution in [-0.2, 0) is 12.8 Å². The van der Waals surface area contributed by atoms with E-state index in [1.807, 2.05) is 26.0 Å². The molecule has 32 heavy (non-hydrogen) atoms. The molecule has 0 radical (unpaired) electrons. The minimum Gasteiger partial charge on any atom is -0.334 e. The first kappa shape index (κ1) is 22.0. The van der Waals surface area contributed by atoms with Gasteiger partial charge in [-0.15, -0.1) is 0 Å². The molecule has 2 heterocycles. The summed E-state index contributed by atoms with van der Waals surface area (Å²) in [7, 11) is 0. The first-order valence-corrected chi connectivity index (χ1v) is 11.4. The maximum absolute atomic E-state index is 12.6. The largest absolute Gasteiger partial charge is 0.334 e. The van der Waals surface area contributed by atoms with Gasteiger partial charge in [-0.2, -0.15) is 0 Å². The predicted molar refractivity (Wildman–Crippen MR) is 130 cm³/mol. The highest BCUT2D eigenvalue weighted by molar-refractivity contribution is 5.89. The molecule has 1 atom stereocenters. The molecule has 2 N–H and O–H groups in total. The molecule has 166 valence electrons. The normalized spacial score (nSPS) is 16.3. The Hall–Kier alpha value is -3.18. The number of carbonyl (C=O) groups excluding carboxylic acids is 1. The number of amides is 2. The Morgan fingerprint density at radius 1 is 0.969 bits per heavy atom. The molecule has 0 unspecified atom stereocenters. The number of aromatic nitrogens is 1. The van der Waals surface area contributed by atoms with Crippen LogP contribution in [0.2, 0.25) is 0 Å². The van der Waals surface area contributed by atoms with Crippen molar-refractivity contribution in [1.29, 1.82) is 0 Å². The Morgan fingerprint density at radius 3 is 2.09 bits per heavy atom. The van der Waals surface area contributed by atoms with Crippen LogP contribution in [0.3, 0.4) is 0 Å². The van der Waals surface area contributed by atoms with Gasteiger partial charge in [0.25, 0.3) is 0 Å². The number of hydrogen-bond donors (Lipinski definition) is 2. The zero-order chi connectivity index (χ0) is 22.3. The molecule has 5 nitrogen and oxygen atoms in total. The second-order valence-electron chi connectivity index (χ2n) is 8.75. The minimum absolute atomic E-state index is 0.146. The Labute approximate surface area is 190 Å². The number of anilines is 1. The standard InChI is InChI=1S/C27H32N4O/c1-20-15-25(16-21(2)28-20)30-27(32)29-24-13-14-31(19-24)26(17-22-9-5-3-6-10-22)18-23-11-7-4-8-12-23/h3-12,15-16,24,26H,13-14,17-19H2,1-2H3,(H2,28,29,30,32)/t24-/m0/s1. The van der Waals surface area contributed by atoms with Crippen molar-refractivity contribution in [2.75, 3.05) is 18.4 Å². The molecule has 1 saturated heterocycles. The van der Waals surface area contributed by atoms with Crippen molar-refractivity contribution in [2.24, 2.45) is 0 Å². The van der Waals surface area contributed by atoms with Gasteiger partial charge < -0.3 is 10.6 Å². The van der Waals surface area contributed by atoms with Crippen LogP contribution in [0, 0.1) is 13.8 Å². The Balaban J connectivity index is 1.38. The van der Waals surface area contributed by atoms with E-state index in [0.717, 1.165) is 49.4 Å². The Kier molecular flexibility index (Phi) is 7.17. The third-order valence-corrected chi connectivity index (χ3v) is 6.04. The zero-order valence-electron chi connectivity index (χ0n) is 18.9. The molecule has 3 aromatic rings. The molecule has 1 aliphatic rings. The van der Waals surface area contributed by atoms with Crippen LogP contribution in [-0.4, -0.2) is 41.1 Å². The van der Waals surface area contributed by atoms with E-state index in [0.29, 0.717) is 6.04 Å². The van der Waals surface area contributed by atoms with Gasteiger partial charge in [0.2, 0.25) is 0 Å². The van der Waals surface area contributed by atoms with E-state index in [4.69, 9.17) is 0 Å². The summed E-state index contributed by atoms with van der Waals surface area (Å²) in [5.41, 5.74) is 5.29. The summed E-state index contributed by atoms with van der Waals surface area (Å²) in [6.45, 7) is 5.73. The number of hydrogen-bond acceptors (Lipinski definition) is 3. The van der Waals surface area contributed by atoms with Crippen molar-refractivity contribution in [3.8, 4) is 0 Å². The highest BCUT2D eigenvalue weighted by Crippen LogP contribution is 2.20. The molecule has 0 spiro atoms. The number of rotatable bonds is 7. The van der Waals surface area contributed by atoms with Crippen LogP contribution >= 0.6 is 0 Å². The first-order valence-electron chi connectivity index (χ1n) is 11.4. The number of nitrogens with zero attached hydrogens (tertiary/aromatic N) is 2. The smallest absolute Gasteiger partial charge is 0.319 e. The molecular formula is C27H32N4O. The summed E-state index contributed by atoms with van der Waals surface area (Å²) in [4.78, 5) is 19.5. The summed E-state index contributed by atoms with van der Waals surface area (Å²) < 4.78 is 0. The van der Waals surface area contributed by atoms with Crippen molar-refractivity contribution in [1.82, 2.24) is 15.2 Å². The van der Waals surface area contributed by atoms with Gasteiger partial charge in [0, 0.05) is 42.2 Å². The zero-order valence-corrected chi connectivity index (χ0v) is 18.9. The molecule has 4 rings (SSSR count). The molecule has 1 aliphatic heterocycles. The topological polar surface area (TPSA) is 57.3 Å². The van der Waals surface area contributed by atoms with Crippen molar-refractivity contribution in [3.63, 3.8) is 0 Å². The number of likely N-dealkylation sites (tertiary alicyclic amines) is 1. The van der Waals surface area contributed by atoms with Gasteiger partial charge in [0.05, 0.1) is 0 Å². The molecule has 2 aromatic carbocycles. The molecule has 2 amide bonds. The van der Waals surface area contributed by atoms with Crippen LogP contribution in [0.1, 0.15) is 28.9 Å². The van der Waals surface area contributed by atoms with Crippen LogP contribution in [0.25, 0.3) is 0 Å². The summed E-state index contributed by atoms with van der Waals surface area (Å²) in [6.07, 6.45) is 2.97. The van der Waals surface area contributed by atoms with Crippen LogP contribution in [0.4, 0.5) is 10.5 Å². The maximum Gasteiger partial charge on any atom is 0.319 e. The van der Waals surface area contributed by atoms with Gasteiger partial charge in [-0.05, 0) is 56.4 Å². The minimum atomic E-state index is -0.149. The summed E-state index contributed by atoms with van der Waals surface area (Å²) >= 11 is 0. The van der Waals surface area contributed by atoms with Gasteiger partial charge in [-0.3, -0.25) is 9.88 Å². The van der Waals surface area contributed by atoms with E-state index in [1.54, 1.807) is 0 Å². The quantitative estimate of drug-likeness (QED) is 0.571. The van der Waals surface area contributed by atoms with Gasteiger partial charge in [0.1, 0.15) is 0 Å². The third-order valence-electron chi connectivity index (χ3n) is 6.04. The fourth-order valence-corrected chi connectivity index (χ4v) is 4.60. The van der Waals surface area contributed by atoms with Crippen molar-refractivity contribution >= 4 is 11.7 Å².